The van der Waals surface area contributed by atoms with Crippen LogP contribution in [0.5, 0.6) is 0 Å². The fraction of sp³-hybridized carbons (Fsp3) is 0.533. The van der Waals surface area contributed by atoms with Gasteiger partial charge in [0.05, 0.1) is 4.90 Å². The summed E-state index contributed by atoms with van der Waals surface area (Å²) in [6.45, 7) is 1.19. The molecule has 0 saturated carbocycles. The average Bonchev–Trinajstić information content (AvgIpc) is 3.08. The van der Waals surface area contributed by atoms with Gasteiger partial charge < -0.3 is 9.64 Å². The minimum absolute atomic E-state index is 0.0823. The average molecular weight is 360 g/mol. The molecule has 1 amide bonds. The molecular weight excluding hydrogens is 342 g/mol. The summed E-state index contributed by atoms with van der Waals surface area (Å²) >= 11 is 0. The van der Waals surface area contributed by atoms with Crippen LogP contribution < -0.4 is 0 Å². The first-order valence-electron chi connectivity index (χ1n) is 7.74. The van der Waals surface area contributed by atoms with Gasteiger partial charge in [-0.1, -0.05) is 0 Å². The third-order valence-corrected chi connectivity index (χ3v) is 6.11. The van der Waals surface area contributed by atoms with Gasteiger partial charge in [0.15, 0.2) is 0 Å². The summed E-state index contributed by atoms with van der Waals surface area (Å²) < 4.78 is 58.0. The highest BCUT2D eigenvalue weighted by atomic mass is 32.2. The van der Waals surface area contributed by atoms with Gasteiger partial charge in [-0.05, 0) is 25.0 Å². The Morgan fingerprint density at radius 2 is 1.71 bits per heavy atom. The van der Waals surface area contributed by atoms with Crippen LogP contribution in [0.4, 0.5) is 8.78 Å². The molecule has 1 aromatic carbocycles. The van der Waals surface area contributed by atoms with Crippen molar-refractivity contribution >= 4 is 15.9 Å². The molecule has 3 rings (SSSR count). The molecule has 2 fully saturated rings. The predicted octanol–water partition coefficient (Wildman–Crippen LogP) is 0.977. The van der Waals surface area contributed by atoms with E-state index in [1.54, 1.807) is 4.90 Å². The van der Waals surface area contributed by atoms with Crippen LogP contribution in [0.3, 0.4) is 0 Å². The Labute approximate surface area is 139 Å². The summed E-state index contributed by atoms with van der Waals surface area (Å²) in [4.78, 5) is 13.4. The second-order valence-corrected chi connectivity index (χ2v) is 7.77. The molecule has 132 valence electrons. The van der Waals surface area contributed by atoms with Crippen LogP contribution in [0.25, 0.3) is 0 Å². The van der Waals surface area contributed by atoms with Crippen LogP contribution in [-0.2, 0) is 19.6 Å². The van der Waals surface area contributed by atoms with Crippen LogP contribution in [0, 0.1) is 11.6 Å². The molecule has 0 aliphatic carbocycles. The maximum Gasteiger partial charge on any atom is 0.251 e. The summed E-state index contributed by atoms with van der Waals surface area (Å²) in [6.07, 6.45) is 1.08. The quantitative estimate of drug-likeness (QED) is 0.806. The molecule has 9 heteroatoms. The van der Waals surface area contributed by atoms with Crippen LogP contribution in [0.1, 0.15) is 12.8 Å². The Bertz CT molecular complexity index is 707. The van der Waals surface area contributed by atoms with Crippen molar-refractivity contribution < 1.29 is 26.7 Å². The Balaban J connectivity index is 1.68. The van der Waals surface area contributed by atoms with E-state index in [1.807, 2.05) is 0 Å². The number of amides is 1. The zero-order chi connectivity index (χ0) is 17.3. The third kappa shape index (κ3) is 3.42. The van der Waals surface area contributed by atoms with E-state index in [4.69, 9.17) is 4.74 Å². The summed E-state index contributed by atoms with van der Waals surface area (Å²) in [5.74, 6) is -2.01. The van der Waals surface area contributed by atoms with E-state index in [-0.39, 0.29) is 32.1 Å². The minimum atomic E-state index is -3.99. The number of nitrogens with zero attached hydrogens (tertiary/aromatic N) is 2. The monoisotopic (exact) mass is 360 g/mol. The molecule has 1 unspecified atom stereocenters. The number of carbonyl (C=O) groups excluding carboxylic acids is 1. The second-order valence-electron chi connectivity index (χ2n) is 5.84. The first-order valence-corrected chi connectivity index (χ1v) is 9.18. The lowest BCUT2D eigenvalue weighted by molar-refractivity contribution is -0.142. The second kappa shape index (κ2) is 6.73. The van der Waals surface area contributed by atoms with Gasteiger partial charge in [0, 0.05) is 38.9 Å². The summed E-state index contributed by atoms with van der Waals surface area (Å²) in [5.41, 5.74) is 0. The van der Waals surface area contributed by atoms with Gasteiger partial charge in [-0.15, -0.1) is 0 Å². The molecule has 6 nitrogen and oxygen atoms in total. The Hall–Kier alpha value is -1.58. The predicted molar refractivity (Wildman–Crippen MR) is 80.7 cm³/mol. The summed E-state index contributed by atoms with van der Waals surface area (Å²) in [7, 11) is -3.99. The van der Waals surface area contributed by atoms with Crippen molar-refractivity contribution in [3.63, 3.8) is 0 Å². The van der Waals surface area contributed by atoms with Crippen molar-refractivity contribution in [3.8, 4) is 0 Å². The van der Waals surface area contributed by atoms with Crippen molar-refractivity contribution in [1.82, 2.24) is 9.21 Å². The van der Waals surface area contributed by atoms with Crippen molar-refractivity contribution in [2.45, 2.75) is 23.8 Å². The molecule has 1 aromatic rings. The largest absolute Gasteiger partial charge is 0.368 e. The van der Waals surface area contributed by atoms with E-state index in [2.05, 4.69) is 0 Å². The number of hydrogen-bond donors (Lipinski definition) is 0. The first-order chi connectivity index (χ1) is 11.4. The van der Waals surface area contributed by atoms with Gasteiger partial charge in [0.1, 0.15) is 17.7 Å². The SMILES string of the molecule is O=C(C1CCCO1)N1CCN(S(=O)(=O)c2cc(F)cc(F)c2)CC1. The number of sulfonamides is 1. The van der Waals surface area contributed by atoms with E-state index in [1.165, 1.54) is 0 Å². The van der Waals surface area contributed by atoms with Crippen molar-refractivity contribution in [2.75, 3.05) is 32.8 Å². The molecule has 2 heterocycles. The Morgan fingerprint density at radius 1 is 1.08 bits per heavy atom. The van der Waals surface area contributed by atoms with Gasteiger partial charge in [-0.25, -0.2) is 17.2 Å². The Kier molecular flexibility index (Phi) is 4.84. The zero-order valence-electron chi connectivity index (χ0n) is 13.0. The van der Waals surface area contributed by atoms with E-state index >= 15 is 0 Å². The summed E-state index contributed by atoms with van der Waals surface area (Å²) in [6, 6.07) is 2.21. The fourth-order valence-corrected chi connectivity index (χ4v) is 4.42. The van der Waals surface area contributed by atoms with Crippen molar-refractivity contribution in [2.24, 2.45) is 0 Å². The maximum atomic E-state index is 13.3. The van der Waals surface area contributed by atoms with Gasteiger partial charge >= 0.3 is 0 Å². The van der Waals surface area contributed by atoms with Gasteiger partial charge in [0.2, 0.25) is 10.0 Å². The molecule has 2 aliphatic rings. The smallest absolute Gasteiger partial charge is 0.251 e. The molecule has 0 radical (unpaired) electrons. The van der Waals surface area contributed by atoms with Crippen LogP contribution in [-0.4, -0.2) is 62.4 Å². The van der Waals surface area contributed by atoms with E-state index in [0.717, 1.165) is 22.9 Å². The number of carbonyl (C=O) groups is 1. The number of piperazine rings is 1. The van der Waals surface area contributed by atoms with E-state index < -0.39 is 32.7 Å². The lowest BCUT2D eigenvalue weighted by Gasteiger charge is -2.35. The number of halogens is 2. The van der Waals surface area contributed by atoms with E-state index in [0.29, 0.717) is 19.1 Å². The Morgan fingerprint density at radius 3 is 2.25 bits per heavy atom. The van der Waals surface area contributed by atoms with E-state index in [9.17, 15) is 22.0 Å². The molecule has 0 aromatic heterocycles. The van der Waals surface area contributed by atoms with Crippen LogP contribution in [0.15, 0.2) is 23.1 Å². The minimum Gasteiger partial charge on any atom is -0.368 e. The molecule has 0 spiro atoms. The summed E-state index contributed by atoms with van der Waals surface area (Å²) in [5, 5.41) is 0. The van der Waals surface area contributed by atoms with Gasteiger partial charge in [0.25, 0.3) is 5.91 Å². The highest BCUT2D eigenvalue weighted by molar-refractivity contribution is 7.89. The standard InChI is InChI=1S/C15H18F2N2O4S/c16-11-8-12(17)10-13(9-11)24(21,22)19-5-3-18(4-6-19)15(20)14-2-1-7-23-14/h8-10,14H,1-7H2. The highest BCUT2D eigenvalue weighted by Gasteiger charge is 2.34. The first kappa shape index (κ1) is 17.2. The fourth-order valence-electron chi connectivity index (χ4n) is 2.95. The highest BCUT2D eigenvalue weighted by Crippen LogP contribution is 2.21. The van der Waals surface area contributed by atoms with Crippen molar-refractivity contribution in [1.29, 1.82) is 0 Å². The molecule has 24 heavy (non-hydrogen) atoms. The third-order valence-electron chi connectivity index (χ3n) is 4.23. The van der Waals surface area contributed by atoms with Gasteiger partial charge in [-0.2, -0.15) is 4.31 Å². The van der Waals surface area contributed by atoms with Crippen molar-refractivity contribution in [3.05, 3.63) is 29.8 Å². The number of rotatable bonds is 3. The van der Waals surface area contributed by atoms with Crippen LogP contribution in [0.2, 0.25) is 0 Å². The van der Waals surface area contributed by atoms with Gasteiger partial charge in [-0.3, -0.25) is 4.79 Å². The topological polar surface area (TPSA) is 66.9 Å². The number of benzene rings is 1. The zero-order valence-corrected chi connectivity index (χ0v) is 13.8. The van der Waals surface area contributed by atoms with Crippen LogP contribution >= 0.6 is 0 Å². The maximum absolute atomic E-state index is 13.3. The lowest BCUT2D eigenvalue weighted by Crippen LogP contribution is -2.52. The lowest BCUT2D eigenvalue weighted by atomic mass is 10.2. The molecular formula is C15H18F2N2O4S. The molecule has 2 aliphatic heterocycles. The molecule has 0 bridgehead atoms. The normalized spacial score (nSPS) is 22.8. The number of ether oxygens (including phenoxy) is 1. The molecule has 2 saturated heterocycles. The molecule has 0 N–H and O–H groups in total. The molecule has 1 atom stereocenters. The number of hydrogen-bond acceptors (Lipinski definition) is 4.